The van der Waals surface area contributed by atoms with Crippen molar-refractivity contribution in [1.29, 1.82) is 0 Å². The van der Waals surface area contributed by atoms with Crippen LogP contribution < -0.4 is 5.32 Å². The lowest BCUT2D eigenvalue weighted by molar-refractivity contribution is -0.116. The number of amides is 1. The molecule has 1 amide bonds. The molecule has 0 aliphatic rings. The van der Waals surface area contributed by atoms with Gasteiger partial charge in [-0.25, -0.2) is 0 Å². The molecule has 0 bridgehead atoms. The molecule has 2 heterocycles. The predicted octanol–water partition coefficient (Wildman–Crippen LogP) is 3.33. The first-order chi connectivity index (χ1) is 11.8. The smallest absolute Gasteiger partial charge is 0.247 e. The van der Waals surface area contributed by atoms with Crippen LogP contribution in [0, 0.1) is 0 Å². The number of hydrogen-bond acceptors (Lipinski definition) is 4. The number of rotatable bonds is 4. The number of aromatic nitrogens is 3. The number of para-hydroxylation sites is 1. The molecule has 0 aliphatic heterocycles. The lowest BCUT2D eigenvalue weighted by Gasteiger charge is -2.08. The van der Waals surface area contributed by atoms with E-state index in [0.29, 0.717) is 11.6 Å². The molecule has 1 N–H and O–H groups in total. The van der Waals surface area contributed by atoms with E-state index in [4.69, 9.17) is 4.42 Å². The largest absolute Gasteiger partial charge is 0.423 e. The van der Waals surface area contributed by atoms with Crippen LogP contribution in [0.2, 0.25) is 0 Å². The molecular weight excluding hydrogens is 304 g/mol. The van der Waals surface area contributed by atoms with E-state index in [2.05, 4.69) is 15.5 Å². The molecule has 0 unspecified atom stereocenters. The van der Waals surface area contributed by atoms with Gasteiger partial charge < -0.3 is 14.3 Å². The molecule has 118 valence electrons. The summed E-state index contributed by atoms with van der Waals surface area (Å²) in [5.41, 5.74) is 2.48. The van der Waals surface area contributed by atoms with E-state index < -0.39 is 0 Å². The minimum atomic E-state index is -0.0981. The molecule has 0 saturated carbocycles. The Morgan fingerprint density at radius 3 is 2.92 bits per heavy atom. The highest BCUT2D eigenvalue weighted by molar-refractivity contribution is 5.92. The molecule has 2 aromatic heterocycles. The number of fused-ring (bicyclic) bond motifs is 1. The zero-order chi connectivity index (χ0) is 16.4. The molecule has 0 aliphatic carbocycles. The van der Waals surface area contributed by atoms with Crippen LogP contribution in [0.25, 0.3) is 22.4 Å². The summed E-state index contributed by atoms with van der Waals surface area (Å²) in [7, 11) is 0. The average molecular weight is 318 g/mol. The summed E-state index contributed by atoms with van der Waals surface area (Å²) in [6.07, 6.45) is 3.19. The molecule has 6 heteroatoms. The van der Waals surface area contributed by atoms with Crippen LogP contribution in [0.1, 0.15) is 0 Å². The van der Waals surface area contributed by atoms with Crippen LogP contribution in [0.5, 0.6) is 0 Å². The van der Waals surface area contributed by atoms with Crippen LogP contribution in [0.3, 0.4) is 0 Å². The highest BCUT2D eigenvalue weighted by atomic mass is 16.4. The Balaban J connectivity index is 1.51. The van der Waals surface area contributed by atoms with E-state index in [0.717, 1.165) is 16.5 Å². The number of hydrogen-bond donors (Lipinski definition) is 1. The fourth-order valence-electron chi connectivity index (χ4n) is 2.66. The first kappa shape index (κ1) is 14.2. The van der Waals surface area contributed by atoms with Gasteiger partial charge in [0.05, 0.1) is 0 Å². The van der Waals surface area contributed by atoms with Gasteiger partial charge in [0.1, 0.15) is 6.54 Å². The number of nitrogens with zero attached hydrogens (tertiary/aromatic N) is 3. The zero-order valence-electron chi connectivity index (χ0n) is 12.7. The van der Waals surface area contributed by atoms with Crippen molar-refractivity contribution in [1.82, 2.24) is 14.8 Å². The van der Waals surface area contributed by atoms with Gasteiger partial charge in [0.25, 0.3) is 0 Å². The minimum absolute atomic E-state index is 0.0981. The number of carbonyl (C=O) groups is 1. The van der Waals surface area contributed by atoms with Crippen molar-refractivity contribution < 1.29 is 9.21 Å². The number of carbonyl (C=O) groups excluding carboxylic acids is 1. The predicted molar refractivity (Wildman–Crippen MR) is 90.3 cm³/mol. The molecule has 4 aromatic rings. The van der Waals surface area contributed by atoms with Gasteiger partial charge in [-0.15, -0.1) is 10.2 Å². The van der Waals surface area contributed by atoms with E-state index in [1.807, 2.05) is 59.3 Å². The Morgan fingerprint density at radius 1 is 1.12 bits per heavy atom. The SMILES string of the molecule is O=C(Cn1ccc2ccccc21)Nc1cccc(-c2nnco2)c1. The first-order valence-electron chi connectivity index (χ1n) is 7.50. The third kappa shape index (κ3) is 2.77. The molecule has 4 rings (SSSR count). The van der Waals surface area contributed by atoms with Crippen LogP contribution >= 0.6 is 0 Å². The van der Waals surface area contributed by atoms with Crippen LogP contribution in [0.15, 0.2) is 71.6 Å². The molecule has 24 heavy (non-hydrogen) atoms. The number of anilines is 1. The van der Waals surface area contributed by atoms with E-state index in [1.54, 1.807) is 6.07 Å². The fourth-order valence-corrected chi connectivity index (χ4v) is 2.66. The Kier molecular flexibility index (Phi) is 3.55. The van der Waals surface area contributed by atoms with Crippen LogP contribution in [-0.2, 0) is 11.3 Å². The topological polar surface area (TPSA) is 73.0 Å². The molecule has 0 spiro atoms. The summed E-state index contributed by atoms with van der Waals surface area (Å²) < 4.78 is 7.10. The summed E-state index contributed by atoms with van der Waals surface area (Å²) in [6.45, 7) is 0.248. The minimum Gasteiger partial charge on any atom is -0.423 e. The highest BCUT2D eigenvalue weighted by Crippen LogP contribution is 2.20. The molecule has 6 nitrogen and oxygen atoms in total. The van der Waals surface area contributed by atoms with E-state index >= 15 is 0 Å². The Hall–Kier alpha value is -3.41. The van der Waals surface area contributed by atoms with E-state index in [-0.39, 0.29) is 12.5 Å². The van der Waals surface area contributed by atoms with Gasteiger partial charge in [-0.3, -0.25) is 4.79 Å². The van der Waals surface area contributed by atoms with Crippen LogP contribution in [-0.4, -0.2) is 20.7 Å². The number of nitrogens with one attached hydrogen (secondary N) is 1. The third-order valence-electron chi connectivity index (χ3n) is 3.75. The van der Waals surface area contributed by atoms with Crippen molar-refractivity contribution in [2.24, 2.45) is 0 Å². The summed E-state index contributed by atoms with van der Waals surface area (Å²) >= 11 is 0. The van der Waals surface area contributed by atoms with Crippen molar-refractivity contribution in [2.45, 2.75) is 6.54 Å². The summed E-state index contributed by atoms with van der Waals surface area (Å²) in [5, 5.41) is 11.5. The zero-order valence-corrected chi connectivity index (χ0v) is 12.7. The lowest BCUT2D eigenvalue weighted by atomic mass is 10.2. The second-order valence-electron chi connectivity index (χ2n) is 5.38. The first-order valence-corrected chi connectivity index (χ1v) is 7.50. The summed E-state index contributed by atoms with van der Waals surface area (Å²) in [4.78, 5) is 12.3. The van der Waals surface area contributed by atoms with Gasteiger partial charge >= 0.3 is 0 Å². The maximum Gasteiger partial charge on any atom is 0.247 e. The molecule has 0 atom stereocenters. The average Bonchev–Trinajstić information content (AvgIpc) is 3.26. The molecule has 0 fully saturated rings. The van der Waals surface area contributed by atoms with Gasteiger partial charge in [0.15, 0.2) is 0 Å². The Morgan fingerprint density at radius 2 is 2.04 bits per heavy atom. The summed E-state index contributed by atoms with van der Waals surface area (Å²) in [5.74, 6) is 0.321. The van der Waals surface area contributed by atoms with Gasteiger partial charge in [-0.05, 0) is 35.7 Å². The van der Waals surface area contributed by atoms with Crippen LogP contribution in [0.4, 0.5) is 5.69 Å². The van der Waals surface area contributed by atoms with E-state index in [9.17, 15) is 4.79 Å². The van der Waals surface area contributed by atoms with Crippen molar-refractivity contribution in [3.05, 3.63) is 67.2 Å². The molecule has 0 radical (unpaired) electrons. The third-order valence-corrected chi connectivity index (χ3v) is 3.75. The van der Waals surface area contributed by atoms with Gasteiger partial charge in [-0.1, -0.05) is 24.3 Å². The monoisotopic (exact) mass is 318 g/mol. The van der Waals surface area contributed by atoms with Crippen molar-refractivity contribution >= 4 is 22.5 Å². The van der Waals surface area contributed by atoms with Gasteiger partial charge in [0, 0.05) is 23.0 Å². The normalized spacial score (nSPS) is 10.8. The standard InChI is InChI=1S/C18H14N4O2/c23-17(11-22-9-8-13-4-1-2-7-16(13)22)20-15-6-3-5-14(10-15)18-21-19-12-24-18/h1-10,12H,11H2,(H,20,23). The molecule has 0 saturated heterocycles. The second-order valence-corrected chi connectivity index (χ2v) is 5.38. The maximum atomic E-state index is 12.3. The summed E-state index contributed by atoms with van der Waals surface area (Å²) in [6, 6.07) is 17.3. The van der Waals surface area contributed by atoms with Crippen molar-refractivity contribution in [3.8, 4) is 11.5 Å². The molecule has 2 aromatic carbocycles. The lowest BCUT2D eigenvalue weighted by Crippen LogP contribution is -2.18. The van der Waals surface area contributed by atoms with Gasteiger partial charge in [-0.2, -0.15) is 0 Å². The highest BCUT2D eigenvalue weighted by Gasteiger charge is 2.08. The van der Waals surface area contributed by atoms with Gasteiger partial charge in [0.2, 0.25) is 18.2 Å². The van der Waals surface area contributed by atoms with E-state index in [1.165, 1.54) is 6.39 Å². The Bertz CT molecular complexity index is 989. The fraction of sp³-hybridized carbons (Fsp3) is 0.0556. The quantitative estimate of drug-likeness (QED) is 0.626. The molecular formula is C18H14N4O2. The second kappa shape index (κ2) is 6.00. The van der Waals surface area contributed by atoms with Crippen molar-refractivity contribution in [3.63, 3.8) is 0 Å². The number of benzene rings is 2. The van der Waals surface area contributed by atoms with Crippen molar-refractivity contribution in [2.75, 3.05) is 5.32 Å². The Labute approximate surface area is 137 Å². The maximum absolute atomic E-state index is 12.3.